The lowest BCUT2D eigenvalue weighted by atomic mass is 9.95. The summed E-state index contributed by atoms with van der Waals surface area (Å²) in [6.07, 6.45) is 5.19. The third-order valence-electron chi connectivity index (χ3n) is 7.70. The average molecular weight is 562 g/mol. The highest BCUT2D eigenvalue weighted by atomic mass is 32.2. The quantitative estimate of drug-likeness (QED) is 0.361. The molecule has 3 aromatic rings. The molecule has 0 saturated heterocycles. The summed E-state index contributed by atoms with van der Waals surface area (Å²) in [5.74, 6) is -0.673. The van der Waals surface area contributed by atoms with Crippen LogP contribution in [0.25, 0.3) is 0 Å². The van der Waals surface area contributed by atoms with E-state index in [0.717, 1.165) is 46.7 Å². The lowest BCUT2D eigenvalue weighted by Crippen LogP contribution is -2.53. The van der Waals surface area contributed by atoms with Gasteiger partial charge in [-0.05, 0) is 74.6 Å². The van der Waals surface area contributed by atoms with Crippen molar-refractivity contribution >= 4 is 27.5 Å². The second-order valence-corrected chi connectivity index (χ2v) is 12.5. The predicted molar refractivity (Wildman–Crippen MR) is 158 cm³/mol. The van der Waals surface area contributed by atoms with Crippen LogP contribution in [0.2, 0.25) is 0 Å². The van der Waals surface area contributed by atoms with Crippen molar-refractivity contribution in [2.24, 2.45) is 0 Å². The summed E-state index contributed by atoms with van der Waals surface area (Å²) in [6.45, 7) is 5.33. The van der Waals surface area contributed by atoms with E-state index in [1.807, 2.05) is 50.2 Å². The average Bonchev–Trinajstić information content (AvgIpc) is 2.97. The van der Waals surface area contributed by atoms with Gasteiger partial charge in [0.1, 0.15) is 12.6 Å². The number of anilines is 1. The van der Waals surface area contributed by atoms with Crippen LogP contribution >= 0.6 is 0 Å². The zero-order valence-corrected chi connectivity index (χ0v) is 24.4. The summed E-state index contributed by atoms with van der Waals surface area (Å²) >= 11 is 0. The van der Waals surface area contributed by atoms with E-state index in [4.69, 9.17) is 0 Å². The number of carbonyl (C=O) groups is 2. The van der Waals surface area contributed by atoms with Crippen LogP contribution in [0.3, 0.4) is 0 Å². The fraction of sp³-hybridized carbons (Fsp3) is 0.375. The number of hydrogen-bond acceptors (Lipinski definition) is 4. The highest BCUT2D eigenvalue weighted by Crippen LogP contribution is 2.26. The highest BCUT2D eigenvalue weighted by molar-refractivity contribution is 7.92. The van der Waals surface area contributed by atoms with E-state index >= 15 is 0 Å². The van der Waals surface area contributed by atoms with E-state index in [1.165, 1.54) is 23.5 Å². The first-order valence-corrected chi connectivity index (χ1v) is 15.4. The molecule has 1 N–H and O–H groups in total. The highest BCUT2D eigenvalue weighted by Gasteiger charge is 2.33. The van der Waals surface area contributed by atoms with E-state index in [0.29, 0.717) is 5.69 Å². The van der Waals surface area contributed by atoms with Gasteiger partial charge >= 0.3 is 0 Å². The van der Waals surface area contributed by atoms with Crippen LogP contribution in [0.1, 0.15) is 55.7 Å². The maximum absolute atomic E-state index is 14.0. The molecule has 0 radical (unpaired) electrons. The van der Waals surface area contributed by atoms with Gasteiger partial charge in [-0.15, -0.1) is 0 Å². The largest absolute Gasteiger partial charge is 0.352 e. The number of carbonyl (C=O) groups excluding carboxylic acids is 2. The topological polar surface area (TPSA) is 86.8 Å². The van der Waals surface area contributed by atoms with Crippen molar-refractivity contribution in [2.75, 3.05) is 10.8 Å². The number of benzene rings is 3. The molecule has 8 heteroatoms. The number of sulfonamides is 1. The molecule has 0 spiro atoms. The Kier molecular flexibility index (Phi) is 9.63. The van der Waals surface area contributed by atoms with Crippen LogP contribution in [0.15, 0.2) is 83.8 Å². The lowest BCUT2D eigenvalue weighted by Gasteiger charge is -2.33. The van der Waals surface area contributed by atoms with Crippen molar-refractivity contribution in [1.82, 2.24) is 10.2 Å². The Balaban J connectivity index is 1.67. The monoisotopic (exact) mass is 561 g/mol. The van der Waals surface area contributed by atoms with Gasteiger partial charge < -0.3 is 10.2 Å². The van der Waals surface area contributed by atoms with Gasteiger partial charge in [0.2, 0.25) is 11.8 Å². The van der Waals surface area contributed by atoms with Gasteiger partial charge in [0, 0.05) is 12.6 Å². The van der Waals surface area contributed by atoms with E-state index in [9.17, 15) is 18.0 Å². The molecule has 3 aromatic carbocycles. The Hall–Kier alpha value is -3.65. The van der Waals surface area contributed by atoms with E-state index in [2.05, 4.69) is 5.32 Å². The Labute approximate surface area is 238 Å². The molecule has 0 heterocycles. The number of aryl methyl sites for hydroxylation is 2. The van der Waals surface area contributed by atoms with Gasteiger partial charge in [-0.25, -0.2) is 8.42 Å². The molecule has 0 aliphatic heterocycles. The van der Waals surface area contributed by atoms with Crippen molar-refractivity contribution < 1.29 is 18.0 Å². The number of nitrogens with one attached hydrogen (secondary N) is 1. The van der Waals surface area contributed by atoms with Gasteiger partial charge in [-0.2, -0.15) is 0 Å². The lowest BCUT2D eigenvalue weighted by molar-refractivity contribution is -0.139. The summed E-state index contributed by atoms with van der Waals surface area (Å²) in [5.41, 5.74) is 3.20. The van der Waals surface area contributed by atoms with E-state index in [1.54, 1.807) is 37.3 Å². The molecular formula is C32H39N3O4S. The van der Waals surface area contributed by atoms with Crippen LogP contribution in [0.5, 0.6) is 0 Å². The van der Waals surface area contributed by atoms with Crippen molar-refractivity contribution in [3.63, 3.8) is 0 Å². The smallest absolute Gasteiger partial charge is 0.264 e. The molecule has 0 aromatic heterocycles. The summed E-state index contributed by atoms with van der Waals surface area (Å²) in [7, 11) is -4.07. The fourth-order valence-electron chi connectivity index (χ4n) is 5.06. The molecule has 1 aliphatic carbocycles. The number of amides is 2. The summed E-state index contributed by atoms with van der Waals surface area (Å²) in [6, 6.07) is 22.2. The third kappa shape index (κ3) is 7.10. The maximum atomic E-state index is 14.0. The van der Waals surface area contributed by atoms with Crippen molar-refractivity contribution in [3.8, 4) is 0 Å². The Morgan fingerprint density at radius 3 is 2.12 bits per heavy atom. The SMILES string of the molecule is Cc1ccc(N(CC(=O)N(Cc2ccccc2)C(C)C(=O)NC2CCCCC2)S(=O)(=O)c2ccccc2)cc1C. The number of nitrogens with zero attached hydrogens (tertiary/aromatic N) is 2. The Morgan fingerprint density at radius 1 is 0.875 bits per heavy atom. The molecule has 1 aliphatic rings. The maximum Gasteiger partial charge on any atom is 0.264 e. The van der Waals surface area contributed by atoms with Gasteiger partial charge in [-0.1, -0.05) is 73.9 Å². The van der Waals surface area contributed by atoms with Crippen molar-refractivity contribution in [1.29, 1.82) is 0 Å². The molecule has 1 unspecified atom stereocenters. The van der Waals surface area contributed by atoms with Crippen LogP contribution in [0.4, 0.5) is 5.69 Å². The van der Waals surface area contributed by atoms with Crippen molar-refractivity contribution in [2.45, 2.75) is 76.4 Å². The Bertz CT molecular complexity index is 1400. The minimum atomic E-state index is -4.07. The zero-order chi connectivity index (χ0) is 28.7. The van der Waals surface area contributed by atoms with Gasteiger partial charge in [-0.3, -0.25) is 13.9 Å². The van der Waals surface area contributed by atoms with Crippen LogP contribution in [-0.2, 0) is 26.2 Å². The number of rotatable bonds is 10. The summed E-state index contributed by atoms with van der Waals surface area (Å²) in [4.78, 5) is 29.0. The first kappa shape index (κ1) is 29.3. The van der Waals surface area contributed by atoms with Crippen molar-refractivity contribution in [3.05, 3.63) is 95.6 Å². The molecule has 7 nitrogen and oxygen atoms in total. The first-order valence-electron chi connectivity index (χ1n) is 14.0. The standard InChI is InChI=1S/C32H39N3O4S/c1-24-19-20-29(21-25(24)2)35(40(38,39)30-17-11-6-12-18-30)23-31(36)34(22-27-13-7-4-8-14-27)26(3)32(37)33-28-15-9-5-10-16-28/h4,6-8,11-14,17-21,26,28H,5,9-10,15-16,22-23H2,1-3H3,(H,33,37). The molecule has 4 rings (SSSR count). The fourth-order valence-corrected chi connectivity index (χ4v) is 6.49. The molecule has 40 heavy (non-hydrogen) atoms. The normalized spacial score (nSPS) is 14.8. The molecule has 1 fully saturated rings. The van der Waals surface area contributed by atoms with Gasteiger partial charge in [0.05, 0.1) is 10.6 Å². The van der Waals surface area contributed by atoms with Gasteiger partial charge in [0.15, 0.2) is 0 Å². The van der Waals surface area contributed by atoms with E-state index < -0.39 is 28.5 Å². The second kappa shape index (κ2) is 13.1. The molecule has 1 saturated carbocycles. The molecule has 1 atom stereocenters. The summed E-state index contributed by atoms with van der Waals surface area (Å²) in [5, 5.41) is 3.13. The van der Waals surface area contributed by atoms with E-state index in [-0.39, 0.29) is 23.4 Å². The minimum Gasteiger partial charge on any atom is -0.352 e. The molecular weight excluding hydrogens is 522 g/mol. The van der Waals surface area contributed by atoms with Gasteiger partial charge in [0.25, 0.3) is 10.0 Å². The predicted octanol–water partition coefficient (Wildman–Crippen LogP) is 5.36. The van der Waals surface area contributed by atoms with Crippen LogP contribution in [-0.4, -0.2) is 43.8 Å². The molecule has 2 amide bonds. The van der Waals surface area contributed by atoms with Crippen LogP contribution < -0.4 is 9.62 Å². The zero-order valence-electron chi connectivity index (χ0n) is 23.5. The second-order valence-electron chi connectivity index (χ2n) is 10.6. The Morgan fingerprint density at radius 2 is 1.50 bits per heavy atom. The van der Waals surface area contributed by atoms with Crippen LogP contribution in [0, 0.1) is 13.8 Å². The first-order chi connectivity index (χ1) is 19.2. The summed E-state index contributed by atoms with van der Waals surface area (Å²) < 4.78 is 28.9. The molecule has 212 valence electrons. The number of hydrogen-bond donors (Lipinski definition) is 1. The third-order valence-corrected chi connectivity index (χ3v) is 9.49. The minimum absolute atomic E-state index is 0.0960. The molecule has 0 bridgehead atoms.